The van der Waals surface area contributed by atoms with Gasteiger partial charge in [0.15, 0.2) is 18.1 Å². The Hall–Kier alpha value is -2.73. The van der Waals surface area contributed by atoms with Crippen LogP contribution < -0.4 is 19.6 Å². The summed E-state index contributed by atoms with van der Waals surface area (Å²) in [5.74, 6) is 1.36. The largest absolute Gasteiger partial charge is 0.484 e. The van der Waals surface area contributed by atoms with E-state index in [0.29, 0.717) is 27.8 Å². The molecule has 3 rings (SSSR count). The van der Waals surface area contributed by atoms with Crippen LogP contribution in [0, 0.1) is 13.8 Å². The van der Waals surface area contributed by atoms with Gasteiger partial charge in [0.2, 0.25) is 6.79 Å². The maximum atomic E-state index is 11.8. The van der Waals surface area contributed by atoms with Crippen molar-refractivity contribution < 1.29 is 19.0 Å². The van der Waals surface area contributed by atoms with Crippen LogP contribution in [0.3, 0.4) is 0 Å². The molecule has 7 heteroatoms. The van der Waals surface area contributed by atoms with Gasteiger partial charge in [-0.05, 0) is 54.8 Å². The van der Waals surface area contributed by atoms with E-state index in [1.807, 2.05) is 32.0 Å². The van der Waals surface area contributed by atoms with Gasteiger partial charge in [-0.1, -0.05) is 17.7 Å². The number of fused-ring (bicyclic) bond motifs is 1. The van der Waals surface area contributed by atoms with Crippen LogP contribution in [0.15, 0.2) is 35.4 Å². The number of rotatable bonds is 5. The fraction of sp³-hybridized carbons (Fsp3) is 0.222. The maximum absolute atomic E-state index is 11.8. The lowest BCUT2D eigenvalue weighted by Crippen LogP contribution is -2.24. The van der Waals surface area contributed by atoms with Crippen LogP contribution in [0.5, 0.6) is 17.2 Å². The van der Waals surface area contributed by atoms with E-state index in [4.69, 9.17) is 25.8 Å². The summed E-state index contributed by atoms with van der Waals surface area (Å²) in [5, 5.41) is 4.32. The molecule has 1 aliphatic heterocycles. The van der Waals surface area contributed by atoms with Crippen LogP contribution in [0.25, 0.3) is 0 Å². The van der Waals surface area contributed by atoms with Crippen molar-refractivity contribution in [1.29, 1.82) is 0 Å². The molecule has 0 aliphatic carbocycles. The second kappa shape index (κ2) is 7.44. The number of aryl methyl sites for hydroxylation is 2. The third kappa shape index (κ3) is 4.22. The van der Waals surface area contributed by atoms with Crippen LogP contribution >= 0.6 is 11.6 Å². The van der Waals surface area contributed by atoms with Crippen LogP contribution in [0.2, 0.25) is 5.02 Å². The molecule has 25 heavy (non-hydrogen) atoms. The van der Waals surface area contributed by atoms with Crippen LogP contribution in [-0.4, -0.2) is 25.5 Å². The summed E-state index contributed by atoms with van der Waals surface area (Å²) in [7, 11) is 0. The Morgan fingerprint density at radius 1 is 1.28 bits per heavy atom. The quantitative estimate of drug-likeness (QED) is 0.656. The number of amides is 1. The van der Waals surface area contributed by atoms with Gasteiger partial charge in [-0.15, -0.1) is 0 Å². The smallest absolute Gasteiger partial charge is 0.277 e. The average molecular weight is 361 g/mol. The molecule has 6 nitrogen and oxygen atoms in total. The molecule has 1 N–H and O–H groups in total. The zero-order valence-electron chi connectivity index (χ0n) is 13.8. The minimum absolute atomic E-state index is 0.123. The third-order valence-electron chi connectivity index (χ3n) is 3.70. The number of hydrogen-bond acceptors (Lipinski definition) is 5. The summed E-state index contributed by atoms with van der Waals surface area (Å²) in [6, 6.07) is 9.07. The third-order valence-corrected chi connectivity index (χ3v) is 3.98. The van der Waals surface area contributed by atoms with Gasteiger partial charge in [0.05, 0.1) is 11.2 Å². The molecule has 130 valence electrons. The van der Waals surface area contributed by atoms with Gasteiger partial charge in [-0.3, -0.25) is 4.79 Å². The summed E-state index contributed by atoms with van der Waals surface area (Å²) >= 11 is 6.08. The van der Waals surface area contributed by atoms with E-state index in [1.54, 1.807) is 12.1 Å². The molecular weight excluding hydrogens is 344 g/mol. The van der Waals surface area contributed by atoms with Crippen molar-refractivity contribution in [1.82, 2.24) is 5.43 Å². The Bertz CT molecular complexity index is 836. The van der Waals surface area contributed by atoms with Crippen LogP contribution in [-0.2, 0) is 4.79 Å². The Kier molecular flexibility index (Phi) is 5.09. The average Bonchev–Trinajstić information content (AvgIpc) is 3.05. The first-order chi connectivity index (χ1) is 12.0. The molecule has 0 bridgehead atoms. The summed E-state index contributed by atoms with van der Waals surface area (Å²) < 4.78 is 16.0. The Morgan fingerprint density at radius 3 is 2.92 bits per heavy atom. The van der Waals surface area contributed by atoms with Gasteiger partial charge >= 0.3 is 0 Å². The molecular formula is C18H17ClN2O4. The molecule has 2 aromatic carbocycles. The van der Waals surface area contributed by atoms with Gasteiger partial charge < -0.3 is 14.2 Å². The maximum Gasteiger partial charge on any atom is 0.277 e. The second-order valence-corrected chi connectivity index (χ2v) is 5.97. The van der Waals surface area contributed by atoms with Crippen molar-refractivity contribution in [3.63, 3.8) is 0 Å². The lowest BCUT2D eigenvalue weighted by atomic mass is 10.1. The zero-order valence-corrected chi connectivity index (χ0v) is 14.6. The molecule has 1 aliphatic rings. The number of nitrogens with one attached hydrogen (secondary N) is 1. The van der Waals surface area contributed by atoms with Gasteiger partial charge in [0.1, 0.15) is 5.75 Å². The summed E-state index contributed by atoms with van der Waals surface area (Å²) in [5.41, 5.74) is 5.37. The lowest BCUT2D eigenvalue weighted by molar-refractivity contribution is -0.123. The van der Waals surface area contributed by atoms with Crippen molar-refractivity contribution >= 4 is 23.7 Å². The van der Waals surface area contributed by atoms with E-state index in [1.165, 1.54) is 11.8 Å². The fourth-order valence-electron chi connectivity index (χ4n) is 2.23. The number of nitrogens with zero attached hydrogens (tertiary/aromatic N) is 1. The van der Waals surface area contributed by atoms with Crippen molar-refractivity contribution in [2.24, 2.45) is 5.10 Å². The summed E-state index contributed by atoms with van der Waals surface area (Å²) in [4.78, 5) is 11.8. The first-order valence-electron chi connectivity index (χ1n) is 7.64. The number of benzene rings is 2. The van der Waals surface area contributed by atoms with Gasteiger partial charge in [-0.2, -0.15) is 5.10 Å². The number of carbonyl (C=O) groups is 1. The molecule has 1 amide bonds. The van der Waals surface area contributed by atoms with E-state index in [0.717, 1.165) is 5.56 Å². The molecule has 1 heterocycles. The first kappa shape index (κ1) is 17.1. The lowest BCUT2D eigenvalue weighted by Gasteiger charge is -2.07. The first-order valence-corrected chi connectivity index (χ1v) is 8.02. The summed E-state index contributed by atoms with van der Waals surface area (Å²) in [6.07, 6.45) is 1.47. The van der Waals surface area contributed by atoms with Crippen molar-refractivity contribution in [2.45, 2.75) is 13.8 Å². The highest BCUT2D eigenvalue weighted by molar-refractivity contribution is 6.32. The second-order valence-electron chi connectivity index (χ2n) is 5.56. The number of carbonyl (C=O) groups excluding carboxylic acids is 1. The topological polar surface area (TPSA) is 69.2 Å². The molecule has 2 aromatic rings. The number of halogens is 1. The van der Waals surface area contributed by atoms with Gasteiger partial charge in [-0.25, -0.2) is 5.43 Å². The van der Waals surface area contributed by atoms with Crippen LogP contribution in [0.4, 0.5) is 0 Å². The SMILES string of the molecule is Cc1ccc(OCC(=O)N/N=C\c2cc(Cl)c3c(c2)OCO3)cc1C. The number of hydrazone groups is 1. The molecule has 0 atom stereocenters. The predicted octanol–water partition coefficient (Wildman–Crippen LogP) is 3.21. The zero-order chi connectivity index (χ0) is 17.8. The number of ether oxygens (including phenoxy) is 3. The standard InChI is InChI=1S/C18H17ClN2O4/c1-11-3-4-14(5-12(11)2)23-9-17(22)21-20-8-13-6-15(19)18-16(7-13)24-10-25-18/h3-8H,9-10H2,1-2H3,(H,21,22)/b20-8-. The summed E-state index contributed by atoms with van der Waals surface area (Å²) in [6.45, 7) is 4.02. The molecule has 0 radical (unpaired) electrons. The van der Waals surface area contributed by atoms with Crippen molar-refractivity contribution in [2.75, 3.05) is 13.4 Å². The van der Waals surface area contributed by atoms with Crippen molar-refractivity contribution in [3.05, 3.63) is 52.0 Å². The Balaban J connectivity index is 1.53. The van der Waals surface area contributed by atoms with Crippen molar-refractivity contribution in [3.8, 4) is 17.2 Å². The van der Waals surface area contributed by atoms with E-state index >= 15 is 0 Å². The highest BCUT2D eigenvalue weighted by atomic mass is 35.5. The predicted molar refractivity (Wildman–Crippen MR) is 94.7 cm³/mol. The monoisotopic (exact) mass is 360 g/mol. The fourth-order valence-corrected chi connectivity index (χ4v) is 2.50. The van der Waals surface area contributed by atoms with Gasteiger partial charge in [0, 0.05) is 0 Å². The Morgan fingerprint density at radius 2 is 2.12 bits per heavy atom. The normalized spacial score (nSPS) is 12.4. The van der Waals surface area contributed by atoms with Gasteiger partial charge in [0.25, 0.3) is 5.91 Å². The molecule has 0 fully saturated rings. The number of hydrogen-bond donors (Lipinski definition) is 1. The minimum atomic E-state index is -0.360. The van der Waals surface area contributed by atoms with Crippen LogP contribution in [0.1, 0.15) is 16.7 Å². The molecule has 0 unspecified atom stereocenters. The molecule has 0 saturated heterocycles. The van der Waals surface area contributed by atoms with E-state index in [-0.39, 0.29) is 19.3 Å². The molecule has 0 spiro atoms. The van der Waals surface area contributed by atoms with E-state index in [9.17, 15) is 4.79 Å². The highest BCUT2D eigenvalue weighted by Crippen LogP contribution is 2.39. The minimum Gasteiger partial charge on any atom is -0.484 e. The molecule has 0 aromatic heterocycles. The Labute approximate surface area is 150 Å². The highest BCUT2D eigenvalue weighted by Gasteiger charge is 2.17. The molecule has 0 saturated carbocycles. The van der Waals surface area contributed by atoms with E-state index in [2.05, 4.69) is 10.5 Å². The van der Waals surface area contributed by atoms with E-state index < -0.39 is 0 Å².